The van der Waals surface area contributed by atoms with Gasteiger partial charge in [-0.15, -0.1) is 0 Å². The zero-order valence-electron chi connectivity index (χ0n) is 17.5. The Morgan fingerprint density at radius 3 is 2.21 bits per heavy atom. The quantitative estimate of drug-likeness (QED) is 0.666. The zero-order valence-corrected chi connectivity index (χ0v) is 17.5. The lowest BCUT2D eigenvalue weighted by Crippen LogP contribution is -2.35. The summed E-state index contributed by atoms with van der Waals surface area (Å²) < 4.78 is 5.63. The minimum Gasteiger partial charge on any atom is -0.494 e. The Bertz CT molecular complexity index is 912. The number of nitrogens with zero attached hydrogens (tertiary/aromatic N) is 1. The van der Waals surface area contributed by atoms with Crippen LogP contribution in [0.4, 0.5) is 5.69 Å². The van der Waals surface area contributed by atoms with Gasteiger partial charge in [-0.05, 0) is 49.1 Å². The molecule has 0 atom stereocenters. The molecule has 152 valence electrons. The smallest absolute Gasteiger partial charge is 0.278 e. The normalized spacial score (nSPS) is 14.2. The van der Waals surface area contributed by atoms with Crippen molar-refractivity contribution in [2.24, 2.45) is 5.92 Å². The lowest BCUT2D eigenvalue weighted by molar-refractivity contribution is -0.137. The Labute approximate surface area is 172 Å². The van der Waals surface area contributed by atoms with E-state index in [2.05, 4.69) is 5.32 Å². The fourth-order valence-corrected chi connectivity index (χ4v) is 3.21. The maximum absolute atomic E-state index is 13.1. The van der Waals surface area contributed by atoms with E-state index in [9.17, 15) is 9.59 Å². The van der Waals surface area contributed by atoms with Gasteiger partial charge in [0, 0.05) is 12.2 Å². The van der Waals surface area contributed by atoms with Crippen molar-refractivity contribution in [3.05, 3.63) is 65.4 Å². The summed E-state index contributed by atoms with van der Waals surface area (Å²) in [5.41, 5.74) is 3.33. The number of anilines is 1. The van der Waals surface area contributed by atoms with Crippen molar-refractivity contribution in [2.75, 3.05) is 18.5 Å². The Balaban J connectivity index is 1.98. The number of rotatable bonds is 8. The van der Waals surface area contributed by atoms with Crippen LogP contribution in [-0.2, 0) is 9.59 Å². The third kappa shape index (κ3) is 4.67. The van der Waals surface area contributed by atoms with E-state index in [1.807, 2.05) is 76.2 Å². The van der Waals surface area contributed by atoms with E-state index in [1.54, 1.807) is 0 Å². The molecule has 0 radical (unpaired) electrons. The molecule has 1 N–H and O–H groups in total. The minimum atomic E-state index is -0.286. The molecule has 0 fully saturated rings. The largest absolute Gasteiger partial charge is 0.494 e. The van der Waals surface area contributed by atoms with Crippen LogP contribution in [0.5, 0.6) is 5.75 Å². The molecule has 0 aromatic heterocycles. The number of nitrogens with one attached hydrogen (secondary N) is 1. The average molecular weight is 392 g/mol. The standard InChI is InChI=1S/C24H28N2O3/c1-5-14-29-20-12-8-18(9-13-20)21-22(25-19-10-6-17(4)7-11-19)24(28)26(23(21)27)15-16(2)3/h6-13,16,25H,5,14-15H2,1-4H3. The number of aryl methyl sites for hydroxylation is 1. The number of benzene rings is 2. The third-order valence-corrected chi connectivity index (χ3v) is 4.65. The second-order valence-electron chi connectivity index (χ2n) is 7.73. The zero-order chi connectivity index (χ0) is 21.0. The fraction of sp³-hybridized carbons (Fsp3) is 0.333. The van der Waals surface area contributed by atoms with Gasteiger partial charge < -0.3 is 10.1 Å². The topological polar surface area (TPSA) is 58.6 Å². The summed E-state index contributed by atoms with van der Waals surface area (Å²) in [5, 5.41) is 3.19. The number of imide groups is 1. The molecule has 29 heavy (non-hydrogen) atoms. The van der Waals surface area contributed by atoms with Crippen LogP contribution in [0, 0.1) is 12.8 Å². The van der Waals surface area contributed by atoms with E-state index in [-0.39, 0.29) is 17.7 Å². The van der Waals surface area contributed by atoms with E-state index in [4.69, 9.17) is 4.74 Å². The van der Waals surface area contributed by atoms with Crippen molar-refractivity contribution in [1.29, 1.82) is 0 Å². The molecule has 0 aliphatic carbocycles. The molecule has 1 aliphatic rings. The Morgan fingerprint density at radius 2 is 1.62 bits per heavy atom. The highest BCUT2D eigenvalue weighted by atomic mass is 16.5. The van der Waals surface area contributed by atoms with Gasteiger partial charge in [0.1, 0.15) is 11.4 Å². The number of carbonyl (C=O) groups is 2. The summed E-state index contributed by atoms with van der Waals surface area (Å²) >= 11 is 0. The first-order valence-electron chi connectivity index (χ1n) is 10.1. The molecule has 0 saturated heterocycles. The van der Waals surface area contributed by atoms with Crippen molar-refractivity contribution >= 4 is 23.1 Å². The molecule has 0 bridgehead atoms. The van der Waals surface area contributed by atoms with Crippen LogP contribution in [0.3, 0.4) is 0 Å². The van der Waals surface area contributed by atoms with Gasteiger partial charge in [0.2, 0.25) is 0 Å². The molecule has 1 aliphatic heterocycles. The average Bonchev–Trinajstić information content (AvgIpc) is 2.92. The molecular weight excluding hydrogens is 364 g/mol. The molecule has 0 saturated carbocycles. The van der Waals surface area contributed by atoms with Gasteiger partial charge in [0.25, 0.3) is 11.8 Å². The first-order chi connectivity index (χ1) is 13.9. The minimum absolute atomic E-state index is 0.188. The highest BCUT2D eigenvalue weighted by Gasteiger charge is 2.39. The summed E-state index contributed by atoms with van der Waals surface area (Å²) in [4.78, 5) is 27.5. The van der Waals surface area contributed by atoms with E-state index in [0.29, 0.717) is 30.0 Å². The fourth-order valence-electron chi connectivity index (χ4n) is 3.21. The maximum atomic E-state index is 13.1. The molecular formula is C24H28N2O3. The predicted octanol–water partition coefficient (Wildman–Crippen LogP) is 4.63. The molecule has 0 spiro atoms. The summed E-state index contributed by atoms with van der Waals surface area (Å²) in [6.07, 6.45) is 0.925. The molecule has 2 aromatic rings. The molecule has 5 heteroatoms. The molecule has 2 aromatic carbocycles. The first-order valence-corrected chi connectivity index (χ1v) is 10.1. The van der Waals surface area contributed by atoms with Gasteiger partial charge >= 0.3 is 0 Å². The second kappa shape index (κ2) is 8.95. The number of amides is 2. The van der Waals surface area contributed by atoms with Crippen molar-refractivity contribution < 1.29 is 14.3 Å². The van der Waals surface area contributed by atoms with Crippen LogP contribution in [-0.4, -0.2) is 29.9 Å². The van der Waals surface area contributed by atoms with Gasteiger partial charge in [-0.25, -0.2) is 0 Å². The number of carbonyl (C=O) groups excluding carboxylic acids is 2. The van der Waals surface area contributed by atoms with Gasteiger partial charge in [0.15, 0.2) is 0 Å². The van der Waals surface area contributed by atoms with E-state index in [1.165, 1.54) is 4.90 Å². The molecule has 5 nitrogen and oxygen atoms in total. The molecule has 2 amide bonds. The Morgan fingerprint density at radius 1 is 0.966 bits per heavy atom. The summed E-state index contributed by atoms with van der Waals surface area (Å²) in [7, 11) is 0. The third-order valence-electron chi connectivity index (χ3n) is 4.65. The van der Waals surface area contributed by atoms with E-state index in [0.717, 1.165) is 23.4 Å². The Hall–Kier alpha value is -3.08. The lowest BCUT2D eigenvalue weighted by Gasteiger charge is -2.17. The number of hydrogen-bond acceptors (Lipinski definition) is 4. The predicted molar refractivity (Wildman–Crippen MR) is 116 cm³/mol. The van der Waals surface area contributed by atoms with Gasteiger partial charge in [0.05, 0.1) is 12.2 Å². The number of hydrogen-bond donors (Lipinski definition) is 1. The number of ether oxygens (including phenoxy) is 1. The van der Waals surface area contributed by atoms with E-state index < -0.39 is 0 Å². The highest BCUT2D eigenvalue weighted by Crippen LogP contribution is 2.32. The summed E-state index contributed by atoms with van der Waals surface area (Å²) in [6.45, 7) is 9.07. The van der Waals surface area contributed by atoms with Crippen LogP contribution >= 0.6 is 0 Å². The SMILES string of the molecule is CCCOc1ccc(C2=C(Nc3ccc(C)cc3)C(=O)N(CC(C)C)C2=O)cc1. The van der Waals surface area contributed by atoms with Crippen LogP contribution in [0.2, 0.25) is 0 Å². The first kappa shape index (κ1) is 20.6. The van der Waals surface area contributed by atoms with Crippen LogP contribution in [0.25, 0.3) is 5.57 Å². The lowest BCUT2D eigenvalue weighted by atomic mass is 10.0. The Kier molecular flexibility index (Phi) is 6.37. The van der Waals surface area contributed by atoms with Gasteiger partial charge in [-0.2, -0.15) is 0 Å². The molecule has 1 heterocycles. The van der Waals surface area contributed by atoms with Crippen LogP contribution in [0.15, 0.2) is 54.2 Å². The maximum Gasteiger partial charge on any atom is 0.278 e. The van der Waals surface area contributed by atoms with Crippen LogP contribution in [0.1, 0.15) is 38.3 Å². The van der Waals surface area contributed by atoms with Crippen molar-refractivity contribution in [3.63, 3.8) is 0 Å². The van der Waals surface area contributed by atoms with Crippen LogP contribution < -0.4 is 10.1 Å². The van der Waals surface area contributed by atoms with Gasteiger partial charge in [-0.1, -0.05) is 50.6 Å². The monoisotopic (exact) mass is 392 g/mol. The van der Waals surface area contributed by atoms with Crippen molar-refractivity contribution in [1.82, 2.24) is 4.90 Å². The summed E-state index contributed by atoms with van der Waals surface area (Å²) in [6, 6.07) is 15.1. The summed E-state index contributed by atoms with van der Waals surface area (Å²) in [5.74, 6) is 0.388. The van der Waals surface area contributed by atoms with E-state index >= 15 is 0 Å². The van der Waals surface area contributed by atoms with Crippen molar-refractivity contribution in [2.45, 2.75) is 34.1 Å². The molecule has 3 rings (SSSR count). The highest BCUT2D eigenvalue weighted by molar-refractivity contribution is 6.36. The van der Waals surface area contributed by atoms with Gasteiger partial charge in [-0.3, -0.25) is 14.5 Å². The van der Waals surface area contributed by atoms with Crippen molar-refractivity contribution in [3.8, 4) is 5.75 Å². The molecule has 0 unspecified atom stereocenters. The second-order valence-corrected chi connectivity index (χ2v) is 7.73.